The molecule has 2 heteroatoms. The number of rotatable bonds is 2. The third-order valence-corrected chi connectivity index (χ3v) is 2.87. The molecule has 0 aromatic heterocycles. The maximum absolute atomic E-state index is 4.09. The zero-order valence-corrected chi connectivity index (χ0v) is 9.38. The van der Waals surface area contributed by atoms with E-state index in [2.05, 4.69) is 58.7 Å². The molecule has 2 aromatic carbocycles. The van der Waals surface area contributed by atoms with Gasteiger partial charge in [-0.05, 0) is 16.7 Å². The highest BCUT2D eigenvalue weighted by Crippen LogP contribution is 2.20. The van der Waals surface area contributed by atoms with Crippen LogP contribution in [0.2, 0.25) is 0 Å². The molecule has 1 heterocycles. The van der Waals surface area contributed by atoms with Crippen LogP contribution >= 0.6 is 0 Å². The summed E-state index contributed by atoms with van der Waals surface area (Å²) in [6.45, 7) is 0. The number of hydrogen-bond donors (Lipinski definition) is 0. The Balaban J connectivity index is 1.90. The lowest BCUT2D eigenvalue weighted by Gasteiger charge is -2.03. The van der Waals surface area contributed by atoms with Crippen LogP contribution in [0.4, 0.5) is 0 Å². The summed E-state index contributed by atoms with van der Waals surface area (Å²) in [6.07, 6.45) is 2.67. The molecule has 0 aliphatic carbocycles. The molecule has 0 radical (unpaired) electrons. The van der Waals surface area contributed by atoms with Crippen molar-refractivity contribution in [1.82, 2.24) is 0 Å². The molecule has 0 saturated heterocycles. The monoisotopic (exact) mass is 220 g/mol. The zero-order chi connectivity index (χ0) is 11.5. The first-order valence-corrected chi connectivity index (χ1v) is 5.68. The molecule has 0 fully saturated rings. The van der Waals surface area contributed by atoms with Crippen molar-refractivity contribution in [2.24, 2.45) is 10.2 Å². The quantitative estimate of drug-likeness (QED) is 0.739. The summed E-state index contributed by atoms with van der Waals surface area (Å²) in [7, 11) is 0. The van der Waals surface area contributed by atoms with Crippen molar-refractivity contribution in [3.63, 3.8) is 0 Å². The molecule has 0 amide bonds. The first-order chi connectivity index (χ1) is 8.43. The second-order valence-electron chi connectivity index (χ2n) is 3.99. The minimum Gasteiger partial charge on any atom is -0.163 e. The van der Waals surface area contributed by atoms with Crippen LogP contribution in [0.1, 0.15) is 12.0 Å². The minimum absolute atomic E-state index is 0.838. The van der Waals surface area contributed by atoms with Crippen LogP contribution in [0.5, 0.6) is 0 Å². The van der Waals surface area contributed by atoms with Crippen molar-refractivity contribution >= 4 is 11.9 Å². The van der Waals surface area contributed by atoms with E-state index in [0.717, 1.165) is 17.7 Å². The fraction of sp³-hybridized carbons (Fsp3) is 0.0667. The van der Waals surface area contributed by atoms with Crippen molar-refractivity contribution in [2.75, 3.05) is 0 Å². The highest BCUT2D eigenvalue weighted by Gasteiger charge is 2.06. The number of nitrogens with zero attached hydrogens (tertiary/aromatic N) is 2. The largest absolute Gasteiger partial charge is 0.163 e. The van der Waals surface area contributed by atoms with E-state index >= 15 is 0 Å². The normalized spacial score (nSPS) is 13.8. The van der Waals surface area contributed by atoms with Crippen LogP contribution in [-0.2, 0) is 0 Å². The molecule has 0 saturated carbocycles. The standard InChI is InChI=1S/C15H12N2/c1-2-4-12(5-3-1)13-6-8-14(9-7-13)15-10-11-16-17-15/h1-9,11H,10H2. The van der Waals surface area contributed by atoms with Crippen LogP contribution in [0, 0.1) is 0 Å². The van der Waals surface area contributed by atoms with Gasteiger partial charge in [0.15, 0.2) is 0 Å². The Morgan fingerprint density at radius 1 is 0.706 bits per heavy atom. The average molecular weight is 220 g/mol. The molecule has 17 heavy (non-hydrogen) atoms. The summed E-state index contributed by atoms with van der Waals surface area (Å²) < 4.78 is 0. The second-order valence-corrected chi connectivity index (χ2v) is 3.99. The molecule has 1 aliphatic rings. The van der Waals surface area contributed by atoms with E-state index in [4.69, 9.17) is 0 Å². The molecule has 0 unspecified atom stereocenters. The molecular weight excluding hydrogens is 208 g/mol. The van der Waals surface area contributed by atoms with Crippen molar-refractivity contribution < 1.29 is 0 Å². The van der Waals surface area contributed by atoms with E-state index in [1.807, 2.05) is 12.3 Å². The van der Waals surface area contributed by atoms with E-state index in [1.165, 1.54) is 11.1 Å². The molecule has 1 aliphatic heterocycles. The lowest BCUT2D eigenvalue weighted by molar-refractivity contribution is 1.28. The first-order valence-electron chi connectivity index (χ1n) is 5.68. The Hall–Kier alpha value is -2.22. The van der Waals surface area contributed by atoms with Crippen molar-refractivity contribution in [3.8, 4) is 11.1 Å². The molecule has 0 N–H and O–H groups in total. The number of benzene rings is 2. The van der Waals surface area contributed by atoms with Gasteiger partial charge in [-0.3, -0.25) is 0 Å². The summed E-state index contributed by atoms with van der Waals surface area (Å²) in [6, 6.07) is 18.8. The van der Waals surface area contributed by atoms with Gasteiger partial charge in [-0.15, -0.1) is 0 Å². The minimum atomic E-state index is 0.838. The predicted octanol–water partition coefficient (Wildman–Crippen LogP) is 3.53. The lowest BCUT2D eigenvalue weighted by Crippen LogP contribution is -1.96. The predicted molar refractivity (Wildman–Crippen MR) is 71.5 cm³/mol. The van der Waals surface area contributed by atoms with Crippen LogP contribution in [0.15, 0.2) is 64.8 Å². The van der Waals surface area contributed by atoms with E-state index in [9.17, 15) is 0 Å². The SMILES string of the molecule is C1=NN=C(c2ccc(-c3ccccc3)cc2)C1. The van der Waals surface area contributed by atoms with Gasteiger partial charge in [0.1, 0.15) is 0 Å². The first kappa shape index (κ1) is 9.97. The fourth-order valence-electron chi connectivity index (χ4n) is 1.94. The van der Waals surface area contributed by atoms with Gasteiger partial charge in [0, 0.05) is 12.6 Å². The molecule has 2 aromatic rings. The summed E-state index contributed by atoms with van der Waals surface area (Å²) >= 11 is 0. The Bertz CT molecular complexity index is 566. The number of hydrogen-bond acceptors (Lipinski definition) is 2. The van der Waals surface area contributed by atoms with Crippen LogP contribution < -0.4 is 0 Å². The van der Waals surface area contributed by atoms with Crippen molar-refractivity contribution in [3.05, 3.63) is 60.2 Å². The van der Waals surface area contributed by atoms with Crippen LogP contribution in [-0.4, -0.2) is 11.9 Å². The van der Waals surface area contributed by atoms with Crippen molar-refractivity contribution in [2.45, 2.75) is 6.42 Å². The van der Waals surface area contributed by atoms with Gasteiger partial charge in [-0.2, -0.15) is 10.2 Å². The summed E-state index contributed by atoms with van der Waals surface area (Å²) in [5, 5.41) is 7.98. The van der Waals surface area contributed by atoms with Gasteiger partial charge in [0.05, 0.1) is 5.71 Å². The average Bonchev–Trinajstić information content (AvgIpc) is 2.94. The molecule has 3 rings (SSSR count). The summed E-state index contributed by atoms with van der Waals surface area (Å²) in [5.41, 5.74) is 4.67. The lowest BCUT2D eigenvalue weighted by atomic mass is 10.0. The Labute approximate surface area is 100 Å². The smallest absolute Gasteiger partial charge is 0.0756 e. The van der Waals surface area contributed by atoms with Gasteiger partial charge < -0.3 is 0 Å². The Morgan fingerprint density at radius 2 is 1.35 bits per heavy atom. The third-order valence-electron chi connectivity index (χ3n) is 2.87. The summed E-state index contributed by atoms with van der Waals surface area (Å²) in [5.74, 6) is 0. The van der Waals surface area contributed by atoms with Gasteiger partial charge in [0.25, 0.3) is 0 Å². The van der Waals surface area contributed by atoms with E-state index in [0.29, 0.717) is 0 Å². The topological polar surface area (TPSA) is 24.7 Å². The van der Waals surface area contributed by atoms with E-state index in [-0.39, 0.29) is 0 Å². The van der Waals surface area contributed by atoms with Gasteiger partial charge in [-0.1, -0.05) is 54.6 Å². The molecular formula is C15H12N2. The molecule has 82 valence electrons. The third kappa shape index (κ3) is 2.02. The van der Waals surface area contributed by atoms with Gasteiger partial charge in [-0.25, -0.2) is 0 Å². The Kier molecular flexibility index (Phi) is 2.54. The maximum atomic E-state index is 4.09. The highest BCUT2D eigenvalue weighted by atomic mass is 15.2. The molecule has 0 atom stereocenters. The highest BCUT2D eigenvalue weighted by molar-refractivity contribution is 6.09. The van der Waals surface area contributed by atoms with Gasteiger partial charge in [0.2, 0.25) is 0 Å². The van der Waals surface area contributed by atoms with E-state index < -0.39 is 0 Å². The second kappa shape index (κ2) is 4.34. The van der Waals surface area contributed by atoms with Crippen LogP contribution in [0.3, 0.4) is 0 Å². The van der Waals surface area contributed by atoms with E-state index in [1.54, 1.807) is 0 Å². The molecule has 2 nitrogen and oxygen atoms in total. The maximum Gasteiger partial charge on any atom is 0.0756 e. The van der Waals surface area contributed by atoms with Crippen LogP contribution in [0.25, 0.3) is 11.1 Å². The Morgan fingerprint density at radius 3 is 2.00 bits per heavy atom. The fourth-order valence-corrected chi connectivity index (χ4v) is 1.94. The molecule has 0 spiro atoms. The zero-order valence-electron chi connectivity index (χ0n) is 9.38. The van der Waals surface area contributed by atoms with Gasteiger partial charge >= 0.3 is 0 Å². The van der Waals surface area contributed by atoms with Crippen molar-refractivity contribution in [1.29, 1.82) is 0 Å². The summed E-state index contributed by atoms with van der Waals surface area (Å²) in [4.78, 5) is 0. The molecule has 0 bridgehead atoms.